The van der Waals surface area contributed by atoms with Crippen molar-refractivity contribution in [1.82, 2.24) is 4.98 Å². The summed E-state index contributed by atoms with van der Waals surface area (Å²) in [5.74, 6) is -1.03. The normalized spacial score (nSPS) is 10.7. The van der Waals surface area contributed by atoms with Gasteiger partial charge in [-0.05, 0) is 18.6 Å². The van der Waals surface area contributed by atoms with Crippen molar-refractivity contribution in [1.29, 1.82) is 0 Å². The van der Waals surface area contributed by atoms with Gasteiger partial charge in [0.1, 0.15) is 0 Å². The summed E-state index contributed by atoms with van der Waals surface area (Å²) in [5.41, 5.74) is 9.50. The summed E-state index contributed by atoms with van der Waals surface area (Å²) in [5, 5.41) is 9.15. The van der Waals surface area contributed by atoms with Gasteiger partial charge in [-0.1, -0.05) is 12.1 Å². The Kier molecular flexibility index (Phi) is 4.70. The minimum atomic E-state index is -1.03. The minimum absolute atomic E-state index is 0.126. The molecule has 0 saturated carbocycles. The maximum absolute atomic E-state index is 11.2. The molecule has 2 rings (SSSR count). The Morgan fingerprint density at radius 2 is 2.30 bits per heavy atom. The molecule has 3 N–H and O–H groups in total. The van der Waals surface area contributed by atoms with E-state index in [9.17, 15) is 4.79 Å². The molecule has 1 aromatic heterocycles. The zero-order valence-corrected chi connectivity index (χ0v) is 11.9. The number of rotatable bonds is 6. The first-order valence-electron chi connectivity index (χ1n) is 6.17. The van der Waals surface area contributed by atoms with Gasteiger partial charge in [0.2, 0.25) is 0 Å². The van der Waals surface area contributed by atoms with Gasteiger partial charge in [-0.15, -0.1) is 11.3 Å². The topological polar surface area (TPSA) is 85.4 Å². The first-order valence-corrected chi connectivity index (χ1v) is 7.05. The number of hydrogen-bond donors (Lipinski definition) is 2. The van der Waals surface area contributed by atoms with E-state index in [2.05, 4.69) is 4.98 Å². The van der Waals surface area contributed by atoms with Gasteiger partial charge in [-0.2, -0.15) is 0 Å². The molecular formula is C14H16N2O3S. The fourth-order valence-corrected chi connectivity index (χ4v) is 2.68. The number of benzene rings is 1. The van der Waals surface area contributed by atoms with E-state index in [0.29, 0.717) is 12.2 Å². The van der Waals surface area contributed by atoms with Crippen LogP contribution in [-0.4, -0.2) is 22.7 Å². The number of anilines is 1. The Labute approximate surface area is 121 Å². The Balaban J connectivity index is 1.93. The van der Waals surface area contributed by atoms with Crippen LogP contribution in [0.5, 0.6) is 0 Å². The molecule has 20 heavy (non-hydrogen) atoms. The summed E-state index contributed by atoms with van der Waals surface area (Å²) in [6, 6.07) is 5.03. The van der Waals surface area contributed by atoms with Crippen LogP contribution in [0.1, 0.15) is 26.5 Å². The van der Waals surface area contributed by atoms with E-state index in [1.165, 1.54) is 4.88 Å². The molecule has 0 amide bonds. The predicted octanol–water partition coefficient (Wildman–Crippen LogP) is 2.49. The van der Waals surface area contributed by atoms with Crippen molar-refractivity contribution < 1.29 is 14.6 Å². The van der Waals surface area contributed by atoms with E-state index in [4.69, 9.17) is 15.6 Å². The second-order valence-corrected chi connectivity index (χ2v) is 5.29. The van der Waals surface area contributed by atoms with E-state index in [1.54, 1.807) is 29.5 Å². The van der Waals surface area contributed by atoms with E-state index >= 15 is 0 Å². The van der Waals surface area contributed by atoms with Crippen LogP contribution in [-0.2, 0) is 17.8 Å². The molecule has 0 unspecified atom stereocenters. The molecule has 5 nitrogen and oxygen atoms in total. The number of thiazole rings is 1. The van der Waals surface area contributed by atoms with Gasteiger partial charge >= 0.3 is 5.97 Å². The first kappa shape index (κ1) is 14.5. The Morgan fingerprint density at radius 3 is 2.95 bits per heavy atom. The van der Waals surface area contributed by atoms with Crippen LogP contribution in [0.25, 0.3) is 0 Å². The highest BCUT2D eigenvalue weighted by Gasteiger charge is 2.13. The quantitative estimate of drug-likeness (QED) is 0.631. The largest absolute Gasteiger partial charge is 0.478 e. The standard InChI is InChI=1S/C14H16N2O3S/c1-9-12(20-8-16-9)5-6-19-7-10-3-2-4-11(15)13(10)14(17)18/h2-4,8H,5-7,15H2,1H3,(H,17,18). The van der Waals surface area contributed by atoms with Crippen molar-refractivity contribution >= 4 is 23.0 Å². The van der Waals surface area contributed by atoms with Crippen molar-refractivity contribution in [2.24, 2.45) is 0 Å². The molecule has 2 aromatic rings. The number of carboxylic acid groups (broad SMARTS) is 1. The second-order valence-electron chi connectivity index (χ2n) is 4.35. The summed E-state index contributed by atoms with van der Waals surface area (Å²) in [4.78, 5) is 16.5. The lowest BCUT2D eigenvalue weighted by Crippen LogP contribution is -2.09. The lowest BCUT2D eigenvalue weighted by Gasteiger charge is -2.09. The van der Waals surface area contributed by atoms with Gasteiger partial charge in [-0.25, -0.2) is 9.78 Å². The minimum Gasteiger partial charge on any atom is -0.478 e. The molecule has 0 aliphatic rings. The van der Waals surface area contributed by atoms with Crippen molar-refractivity contribution in [3.05, 3.63) is 45.4 Å². The number of nitrogen functional groups attached to an aromatic ring is 1. The van der Waals surface area contributed by atoms with Crippen LogP contribution in [0.4, 0.5) is 5.69 Å². The third-order valence-electron chi connectivity index (χ3n) is 2.97. The zero-order chi connectivity index (χ0) is 14.5. The first-order chi connectivity index (χ1) is 9.59. The van der Waals surface area contributed by atoms with Crippen LogP contribution >= 0.6 is 11.3 Å². The van der Waals surface area contributed by atoms with Gasteiger partial charge in [0.05, 0.1) is 30.0 Å². The highest BCUT2D eigenvalue weighted by molar-refractivity contribution is 7.09. The van der Waals surface area contributed by atoms with Gasteiger partial charge in [0.25, 0.3) is 0 Å². The lowest BCUT2D eigenvalue weighted by atomic mass is 10.1. The van der Waals surface area contributed by atoms with Crippen LogP contribution in [0.2, 0.25) is 0 Å². The summed E-state index contributed by atoms with van der Waals surface area (Å²) in [6.07, 6.45) is 0.779. The molecule has 0 bridgehead atoms. The number of aromatic carboxylic acids is 1. The number of hydrogen-bond acceptors (Lipinski definition) is 5. The maximum atomic E-state index is 11.2. The molecular weight excluding hydrogens is 276 g/mol. The Bertz CT molecular complexity index is 610. The third-order valence-corrected chi connectivity index (χ3v) is 3.97. The van der Waals surface area contributed by atoms with Gasteiger partial charge in [0, 0.05) is 17.0 Å². The molecule has 0 saturated heterocycles. The van der Waals surface area contributed by atoms with Gasteiger partial charge < -0.3 is 15.6 Å². The Hall–Kier alpha value is -1.92. The van der Waals surface area contributed by atoms with E-state index in [-0.39, 0.29) is 17.9 Å². The molecule has 6 heteroatoms. The third kappa shape index (κ3) is 3.34. The summed E-state index contributed by atoms with van der Waals surface area (Å²) in [7, 11) is 0. The molecule has 0 aliphatic heterocycles. The molecule has 1 heterocycles. The Morgan fingerprint density at radius 1 is 1.50 bits per heavy atom. The molecule has 0 fully saturated rings. The molecule has 0 atom stereocenters. The maximum Gasteiger partial charge on any atom is 0.338 e. The SMILES string of the molecule is Cc1ncsc1CCOCc1cccc(N)c1C(=O)O. The van der Waals surface area contributed by atoms with Crippen LogP contribution in [0, 0.1) is 6.92 Å². The molecule has 1 aromatic carbocycles. The highest BCUT2D eigenvalue weighted by Crippen LogP contribution is 2.18. The second kappa shape index (κ2) is 6.49. The van der Waals surface area contributed by atoms with Gasteiger partial charge in [0.15, 0.2) is 0 Å². The fraction of sp³-hybridized carbons (Fsp3) is 0.286. The van der Waals surface area contributed by atoms with E-state index in [0.717, 1.165) is 12.1 Å². The van der Waals surface area contributed by atoms with Gasteiger partial charge in [-0.3, -0.25) is 0 Å². The van der Waals surface area contributed by atoms with Crippen LogP contribution < -0.4 is 5.73 Å². The van der Waals surface area contributed by atoms with Crippen molar-refractivity contribution in [2.45, 2.75) is 20.0 Å². The number of carbonyl (C=O) groups is 1. The van der Waals surface area contributed by atoms with E-state index in [1.807, 2.05) is 12.4 Å². The van der Waals surface area contributed by atoms with Crippen molar-refractivity contribution in [3.63, 3.8) is 0 Å². The average molecular weight is 292 g/mol. The average Bonchev–Trinajstić information content (AvgIpc) is 2.80. The lowest BCUT2D eigenvalue weighted by molar-refractivity contribution is 0.0689. The molecule has 0 spiro atoms. The number of ether oxygens (including phenoxy) is 1. The van der Waals surface area contributed by atoms with Crippen molar-refractivity contribution in [2.75, 3.05) is 12.3 Å². The summed E-state index contributed by atoms with van der Waals surface area (Å²) >= 11 is 1.60. The van der Waals surface area contributed by atoms with Crippen LogP contribution in [0.3, 0.4) is 0 Å². The fourth-order valence-electron chi connectivity index (χ4n) is 1.91. The number of aromatic nitrogens is 1. The number of carboxylic acids is 1. The zero-order valence-electron chi connectivity index (χ0n) is 11.1. The van der Waals surface area contributed by atoms with Crippen molar-refractivity contribution in [3.8, 4) is 0 Å². The number of aryl methyl sites for hydroxylation is 1. The molecule has 0 aliphatic carbocycles. The highest BCUT2D eigenvalue weighted by atomic mass is 32.1. The van der Waals surface area contributed by atoms with Crippen LogP contribution in [0.15, 0.2) is 23.7 Å². The summed E-state index contributed by atoms with van der Waals surface area (Å²) < 4.78 is 5.55. The predicted molar refractivity (Wildman–Crippen MR) is 78.0 cm³/mol. The van der Waals surface area contributed by atoms with E-state index < -0.39 is 5.97 Å². The summed E-state index contributed by atoms with van der Waals surface area (Å²) in [6.45, 7) is 2.73. The molecule has 0 radical (unpaired) electrons. The smallest absolute Gasteiger partial charge is 0.338 e. The monoisotopic (exact) mass is 292 g/mol. The molecule has 106 valence electrons. The number of nitrogens with zero attached hydrogens (tertiary/aromatic N) is 1. The number of nitrogens with two attached hydrogens (primary N) is 1.